The number of hydrogen-bond donors (Lipinski definition) is 0. The van der Waals surface area contributed by atoms with E-state index in [2.05, 4.69) is 20.8 Å². The van der Waals surface area contributed by atoms with Gasteiger partial charge in [-0.3, -0.25) is 4.79 Å². The molecular formula is C18H24O4. The second-order valence-corrected chi connectivity index (χ2v) is 6.51. The van der Waals surface area contributed by atoms with Crippen molar-refractivity contribution < 1.29 is 19.1 Å². The molecule has 0 spiro atoms. The summed E-state index contributed by atoms with van der Waals surface area (Å²) in [7, 11) is 0. The van der Waals surface area contributed by atoms with Gasteiger partial charge in [-0.2, -0.15) is 0 Å². The maximum absolute atomic E-state index is 11.8. The number of carbonyl (C=O) groups is 2. The van der Waals surface area contributed by atoms with Gasteiger partial charge in [0, 0.05) is 5.56 Å². The number of ketones is 1. The lowest BCUT2D eigenvalue weighted by Gasteiger charge is -2.11. The Balaban J connectivity index is 1.63. The number of epoxide rings is 1. The smallest absolute Gasteiger partial charge is 0.379 e. The summed E-state index contributed by atoms with van der Waals surface area (Å²) in [5.41, 5.74) is 0.405. The van der Waals surface area contributed by atoms with Gasteiger partial charge in [0.05, 0.1) is 18.3 Å². The van der Waals surface area contributed by atoms with E-state index in [1.807, 2.05) is 0 Å². The zero-order valence-corrected chi connectivity index (χ0v) is 13.5. The molecule has 4 heteroatoms. The van der Waals surface area contributed by atoms with Gasteiger partial charge in [0.15, 0.2) is 0 Å². The van der Waals surface area contributed by atoms with Crippen LogP contribution in [0.2, 0.25) is 0 Å². The van der Waals surface area contributed by atoms with E-state index < -0.39 is 11.8 Å². The average Bonchev–Trinajstić information content (AvgIpc) is 3.12. The molecular weight excluding hydrogens is 280 g/mol. The highest BCUT2D eigenvalue weighted by molar-refractivity contribution is 6.40. The van der Waals surface area contributed by atoms with Gasteiger partial charge in [-0.1, -0.05) is 37.3 Å². The van der Waals surface area contributed by atoms with Crippen molar-refractivity contribution in [3.63, 3.8) is 0 Å². The standard InChI is InChI=1S/C18H24O4/c1-13(9-10-15-18(2,3)22-15)11-12-21-17(20)16(19)14-7-5-4-6-8-14/h4-8,13,15H,9-12H2,1-3H3. The lowest BCUT2D eigenvalue weighted by molar-refractivity contribution is -0.138. The third kappa shape index (κ3) is 4.67. The molecule has 0 radical (unpaired) electrons. The first-order valence-electron chi connectivity index (χ1n) is 7.84. The minimum Gasteiger partial charge on any atom is -0.460 e. The molecule has 1 aliphatic rings. The van der Waals surface area contributed by atoms with Gasteiger partial charge >= 0.3 is 5.97 Å². The van der Waals surface area contributed by atoms with Crippen LogP contribution in [-0.2, 0) is 14.3 Å². The van der Waals surface area contributed by atoms with E-state index in [9.17, 15) is 9.59 Å². The number of ether oxygens (including phenoxy) is 2. The van der Waals surface area contributed by atoms with Gasteiger partial charge in [-0.15, -0.1) is 0 Å². The first kappa shape index (κ1) is 16.7. The first-order valence-corrected chi connectivity index (χ1v) is 7.84. The van der Waals surface area contributed by atoms with Gasteiger partial charge in [0.2, 0.25) is 0 Å². The number of Topliss-reactive ketones (excluding diaryl/α,β-unsaturated/α-hetero) is 1. The summed E-state index contributed by atoms with van der Waals surface area (Å²) in [5, 5.41) is 0. The van der Waals surface area contributed by atoms with E-state index in [1.165, 1.54) is 0 Å². The topological polar surface area (TPSA) is 55.9 Å². The highest BCUT2D eigenvalue weighted by Crippen LogP contribution is 2.39. The minimum atomic E-state index is -0.773. The Morgan fingerprint density at radius 2 is 1.86 bits per heavy atom. The fraction of sp³-hybridized carbons (Fsp3) is 0.556. The third-order valence-electron chi connectivity index (χ3n) is 4.15. The summed E-state index contributed by atoms with van der Waals surface area (Å²) in [5.74, 6) is -0.911. The number of esters is 1. The van der Waals surface area contributed by atoms with E-state index in [0.717, 1.165) is 19.3 Å². The highest BCUT2D eigenvalue weighted by atomic mass is 16.6. The quantitative estimate of drug-likeness (QED) is 0.320. The van der Waals surface area contributed by atoms with Crippen LogP contribution in [0.1, 0.15) is 50.4 Å². The molecule has 0 amide bonds. The average molecular weight is 304 g/mol. The van der Waals surface area contributed by atoms with Crippen LogP contribution in [-0.4, -0.2) is 30.1 Å². The van der Waals surface area contributed by atoms with Crippen molar-refractivity contribution in [2.75, 3.05) is 6.61 Å². The van der Waals surface area contributed by atoms with Gasteiger partial charge < -0.3 is 9.47 Å². The van der Waals surface area contributed by atoms with Gasteiger partial charge in [0.1, 0.15) is 0 Å². The summed E-state index contributed by atoms with van der Waals surface area (Å²) in [4.78, 5) is 23.5. The van der Waals surface area contributed by atoms with Crippen LogP contribution in [0.4, 0.5) is 0 Å². The van der Waals surface area contributed by atoms with E-state index in [0.29, 0.717) is 17.6 Å². The number of rotatable bonds is 8. The molecule has 2 rings (SSSR count). The van der Waals surface area contributed by atoms with Crippen molar-refractivity contribution >= 4 is 11.8 Å². The number of benzene rings is 1. The normalized spacial score (nSPS) is 20.2. The maximum Gasteiger partial charge on any atom is 0.379 e. The molecule has 0 aromatic heterocycles. The van der Waals surface area contributed by atoms with Crippen LogP contribution >= 0.6 is 0 Å². The second kappa shape index (κ2) is 7.05. The molecule has 1 fully saturated rings. The zero-order valence-electron chi connectivity index (χ0n) is 13.5. The van der Waals surface area contributed by atoms with Crippen LogP contribution in [0.15, 0.2) is 30.3 Å². The van der Waals surface area contributed by atoms with Gasteiger partial charge in [-0.05, 0) is 39.0 Å². The summed E-state index contributed by atoms with van der Waals surface area (Å²) in [6.45, 7) is 6.61. The Morgan fingerprint density at radius 1 is 1.23 bits per heavy atom. The summed E-state index contributed by atoms with van der Waals surface area (Å²) >= 11 is 0. The molecule has 120 valence electrons. The van der Waals surface area contributed by atoms with E-state index in [4.69, 9.17) is 9.47 Å². The van der Waals surface area contributed by atoms with E-state index in [1.54, 1.807) is 30.3 Å². The van der Waals surface area contributed by atoms with Crippen LogP contribution in [0.3, 0.4) is 0 Å². The molecule has 1 aliphatic heterocycles. The van der Waals surface area contributed by atoms with E-state index >= 15 is 0 Å². The number of hydrogen-bond acceptors (Lipinski definition) is 4. The molecule has 1 heterocycles. The monoisotopic (exact) mass is 304 g/mol. The molecule has 1 saturated heterocycles. The Bertz CT molecular complexity index is 521. The molecule has 2 atom stereocenters. The molecule has 4 nitrogen and oxygen atoms in total. The predicted octanol–water partition coefficient (Wildman–Crippen LogP) is 3.40. The largest absolute Gasteiger partial charge is 0.460 e. The lowest BCUT2D eigenvalue weighted by Crippen LogP contribution is -2.19. The second-order valence-electron chi connectivity index (χ2n) is 6.51. The summed E-state index contributed by atoms with van der Waals surface area (Å²) in [6, 6.07) is 8.48. The van der Waals surface area contributed by atoms with Crippen molar-refractivity contribution in [3.05, 3.63) is 35.9 Å². The van der Waals surface area contributed by atoms with Crippen molar-refractivity contribution in [3.8, 4) is 0 Å². The molecule has 0 bridgehead atoms. The van der Waals surface area contributed by atoms with Crippen LogP contribution in [0.5, 0.6) is 0 Å². The fourth-order valence-electron chi connectivity index (χ4n) is 2.45. The Hall–Kier alpha value is -1.68. The Kier molecular flexibility index (Phi) is 5.35. The molecule has 2 unspecified atom stereocenters. The molecule has 1 aromatic carbocycles. The van der Waals surface area contributed by atoms with Crippen molar-refractivity contribution in [2.45, 2.75) is 51.7 Å². The first-order chi connectivity index (χ1) is 10.4. The number of carbonyl (C=O) groups excluding carboxylic acids is 2. The third-order valence-corrected chi connectivity index (χ3v) is 4.15. The van der Waals surface area contributed by atoms with Crippen LogP contribution in [0.25, 0.3) is 0 Å². The SMILES string of the molecule is CC(CCOC(=O)C(=O)c1ccccc1)CCC1OC1(C)C. The summed E-state index contributed by atoms with van der Waals surface area (Å²) < 4.78 is 10.6. The van der Waals surface area contributed by atoms with Gasteiger partial charge in [-0.25, -0.2) is 4.79 Å². The lowest BCUT2D eigenvalue weighted by atomic mass is 9.98. The van der Waals surface area contributed by atoms with Gasteiger partial charge in [0.25, 0.3) is 5.78 Å². The molecule has 0 N–H and O–H groups in total. The summed E-state index contributed by atoms with van der Waals surface area (Å²) in [6.07, 6.45) is 3.20. The molecule has 0 aliphatic carbocycles. The highest BCUT2D eigenvalue weighted by Gasteiger charge is 2.46. The molecule has 0 saturated carbocycles. The molecule has 1 aromatic rings. The van der Waals surface area contributed by atoms with Crippen molar-refractivity contribution in [2.24, 2.45) is 5.92 Å². The minimum absolute atomic E-state index is 0.0360. The van der Waals surface area contributed by atoms with Crippen LogP contribution in [0, 0.1) is 5.92 Å². The maximum atomic E-state index is 11.8. The predicted molar refractivity (Wildman–Crippen MR) is 83.7 cm³/mol. The van der Waals surface area contributed by atoms with Crippen LogP contribution < -0.4 is 0 Å². The van der Waals surface area contributed by atoms with Crippen molar-refractivity contribution in [1.82, 2.24) is 0 Å². The fourth-order valence-corrected chi connectivity index (χ4v) is 2.45. The van der Waals surface area contributed by atoms with E-state index in [-0.39, 0.29) is 12.2 Å². The Labute approximate surface area is 131 Å². The zero-order chi connectivity index (χ0) is 16.2. The Morgan fingerprint density at radius 3 is 2.45 bits per heavy atom. The van der Waals surface area contributed by atoms with Crippen molar-refractivity contribution in [1.29, 1.82) is 0 Å². The molecule has 22 heavy (non-hydrogen) atoms.